The number of anilines is 1. The molecule has 0 unspecified atom stereocenters. The van der Waals surface area contributed by atoms with Crippen molar-refractivity contribution in [2.75, 3.05) is 5.43 Å². The fourth-order valence-electron chi connectivity index (χ4n) is 1.33. The third kappa shape index (κ3) is 5.29. The summed E-state index contributed by atoms with van der Waals surface area (Å²) in [5.74, 6) is 1.05. The summed E-state index contributed by atoms with van der Waals surface area (Å²) in [6.45, 7) is 8.10. The first-order valence-electron chi connectivity index (χ1n) is 5.84. The highest BCUT2D eigenvalue weighted by atomic mass is 16.1. The molecular weight excluding hydrogens is 216 g/mol. The van der Waals surface area contributed by atoms with Gasteiger partial charge in [-0.1, -0.05) is 13.8 Å². The fraction of sp³-hybridized carbons (Fsp3) is 0.583. The molecule has 1 heterocycles. The number of H-pyrrole nitrogens is 1. The van der Waals surface area contributed by atoms with Crippen molar-refractivity contribution in [2.45, 2.75) is 40.5 Å². The molecule has 0 saturated heterocycles. The van der Waals surface area contributed by atoms with Crippen molar-refractivity contribution in [1.29, 1.82) is 0 Å². The Morgan fingerprint density at radius 1 is 1.59 bits per heavy atom. The first kappa shape index (κ1) is 13.4. The van der Waals surface area contributed by atoms with E-state index in [1.807, 2.05) is 6.92 Å². The van der Waals surface area contributed by atoms with Gasteiger partial charge in [-0.3, -0.25) is 9.78 Å². The van der Waals surface area contributed by atoms with Gasteiger partial charge in [0.25, 0.3) is 5.56 Å². The van der Waals surface area contributed by atoms with Gasteiger partial charge in [-0.15, -0.1) is 0 Å². The standard InChI is InChI=1S/C12H20N4O/c1-8(2)5-6-9(3)15-16-12-13-10(4)7-11(17)14-12/h7-8H,5-6H2,1-4H3,(H2,13,14,16,17)/b15-9+. The molecule has 0 aliphatic carbocycles. The monoisotopic (exact) mass is 236 g/mol. The van der Waals surface area contributed by atoms with Crippen molar-refractivity contribution in [3.63, 3.8) is 0 Å². The molecule has 0 aromatic carbocycles. The number of aryl methyl sites for hydroxylation is 1. The third-order valence-electron chi connectivity index (χ3n) is 2.31. The molecule has 17 heavy (non-hydrogen) atoms. The summed E-state index contributed by atoms with van der Waals surface area (Å²) in [5.41, 5.74) is 4.27. The van der Waals surface area contributed by atoms with Gasteiger partial charge in [-0.2, -0.15) is 5.10 Å². The van der Waals surface area contributed by atoms with Gasteiger partial charge in [0.1, 0.15) is 0 Å². The highest BCUT2D eigenvalue weighted by molar-refractivity contribution is 5.82. The average molecular weight is 236 g/mol. The summed E-state index contributed by atoms with van der Waals surface area (Å²) in [6.07, 6.45) is 2.05. The lowest BCUT2D eigenvalue weighted by Crippen LogP contribution is -2.11. The predicted octanol–water partition coefficient (Wildman–Crippen LogP) is 2.30. The van der Waals surface area contributed by atoms with E-state index < -0.39 is 0 Å². The topological polar surface area (TPSA) is 70.1 Å². The first-order chi connectivity index (χ1) is 7.97. The molecule has 0 amide bonds. The van der Waals surface area contributed by atoms with Gasteiger partial charge >= 0.3 is 0 Å². The molecule has 0 atom stereocenters. The second kappa shape index (κ2) is 6.18. The van der Waals surface area contributed by atoms with Crippen LogP contribution in [0.25, 0.3) is 0 Å². The largest absolute Gasteiger partial charge is 0.291 e. The highest BCUT2D eigenvalue weighted by Gasteiger charge is 1.98. The Hall–Kier alpha value is -1.65. The maximum Gasteiger partial charge on any atom is 0.252 e. The van der Waals surface area contributed by atoms with Crippen LogP contribution in [0.15, 0.2) is 16.0 Å². The smallest absolute Gasteiger partial charge is 0.252 e. The molecule has 1 aromatic heterocycles. The predicted molar refractivity (Wildman–Crippen MR) is 70.4 cm³/mol. The summed E-state index contributed by atoms with van der Waals surface area (Å²) in [5, 5.41) is 4.18. The van der Waals surface area contributed by atoms with Crippen molar-refractivity contribution in [1.82, 2.24) is 9.97 Å². The number of hydrogen-bond acceptors (Lipinski definition) is 4. The van der Waals surface area contributed by atoms with Crippen LogP contribution in [-0.4, -0.2) is 15.7 Å². The van der Waals surface area contributed by atoms with E-state index in [-0.39, 0.29) is 5.56 Å². The Labute approximate surface area is 101 Å². The Kier molecular flexibility index (Phi) is 4.87. The minimum absolute atomic E-state index is 0.171. The van der Waals surface area contributed by atoms with Gasteiger partial charge in [-0.25, -0.2) is 10.4 Å². The number of aromatic amines is 1. The summed E-state index contributed by atoms with van der Waals surface area (Å²) in [7, 11) is 0. The van der Waals surface area contributed by atoms with Gasteiger partial charge < -0.3 is 0 Å². The van der Waals surface area contributed by atoms with Crippen LogP contribution in [0.5, 0.6) is 0 Å². The SMILES string of the molecule is C/C(CCC(C)C)=N\Nc1nc(C)cc(=O)[nH]1. The molecule has 0 radical (unpaired) electrons. The van der Waals surface area contributed by atoms with Gasteiger partial charge in [0.2, 0.25) is 5.95 Å². The lowest BCUT2D eigenvalue weighted by molar-refractivity contribution is 0.602. The molecule has 2 N–H and O–H groups in total. The maximum absolute atomic E-state index is 11.2. The molecule has 1 rings (SSSR count). The molecule has 5 nitrogen and oxygen atoms in total. The van der Waals surface area contributed by atoms with Crippen molar-refractivity contribution in [3.8, 4) is 0 Å². The van der Waals surface area contributed by atoms with Gasteiger partial charge in [0.05, 0.1) is 0 Å². The molecule has 0 fully saturated rings. The number of rotatable bonds is 5. The molecule has 0 saturated carbocycles. The molecule has 0 spiro atoms. The van der Waals surface area contributed by atoms with Crippen LogP contribution in [0.2, 0.25) is 0 Å². The molecule has 0 aliphatic rings. The van der Waals surface area contributed by atoms with Gasteiger partial charge in [-0.05, 0) is 32.6 Å². The number of hydrazone groups is 1. The van der Waals surface area contributed by atoms with E-state index in [2.05, 4.69) is 34.3 Å². The first-order valence-corrected chi connectivity index (χ1v) is 5.84. The Bertz CT molecular complexity index is 448. The van der Waals surface area contributed by atoms with Crippen molar-refractivity contribution in [3.05, 3.63) is 22.1 Å². The molecule has 94 valence electrons. The minimum atomic E-state index is -0.171. The number of nitrogens with zero attached hydrogens (tertiary/aromatic N) is 2. The van der Waals surface area contributed by atoms with E-state index in [0.717, 1.165) is 18.6 Å². The van der Waals surface area contributed by atoms with Crippen LogP contribution in [0.4, 0.5) is 5.95 Å². The van der Waals surface area contributed by atoms with E-state index >= 15 is 0 Å². The molecule has 5 heteroatoms. The summed E-state index contributed by atoms with van der Waals surface area (Å²) < 4.78 is 0. The second-order valence-electron chi connectivity index (χ2n) is 4.63. The molecular formula is C12H20N4O. The zero-order chi connectivity index (χ0) is 12.8. The van der Waals surface area contributed by atoms with Crippen molar-refractivity contribution < 1.29 is 0 Å². The van der Waals surface area contributed by atoms with Crippen LogP contribution in [0.3, 0.4) is 0 Å². The Morgan fingerprint density at radius 2 is 2.29 bits per heavy atom. The van der Waals surface area contributed by atoms with Crippen LogP contribution < -0.4 is 11.0 Å². The molecule has 1 aromatic rings. The van der Waals surface area contributed by atoms with Crippen LogP contribution in [0, 0.1) is 12.8 Å². The second-order valence-corrected chi connectivity index (χ2v) is 4.63. The third-order valence-corrected chi connectivity index (χ3v) is 2.31. The molecule has 0 aliphatic heterocycles. The quantitative estimate of drug-likeness (QED) is 0.608. The molecule has 0 bridgehead atoms. The van der Waals surface area contributed by atoms with Crippen molar-refractivity contribution in [2.24, 2.45) is 11.0 Å². The van der Waals surface area contributed by atoms with E-state index in [9.17, 15) is 4.79 Å². The lowest BCUT2D eigenvalue weighted by Gasteiger charge is -2.05. The van der Waals surface area contributed by atoms with Crippen LogP contribution in [0.1, 0.15) is 39.3 Å². The van der Waals surface area contributed by atoms with E-state index in [0.29, 0.717) is 17.6 Å². The number of hydrogen-bond donors (Lipinski definition) is 2. The highest BCUT2D eigenvalue weighted by Crippen LogP contribution is 2.05. The van der Waals surface area contributed by atoms with E-state index in [1.54, 1.807) is 6.92 Å². The average Bonchev–Trinajstić information content (AvgIpc) is 2.22. The fourth-order valence-corrected chi connectivity index (χ4v) is 1.33. The minimum Gasteiger partial charge on any atom is -0.291 e. The van der Waals surface area contributed by atoms with Crippen LogP contribution in [-0.2, 0) is 0 Å². The van der Waals surface area contributed by atoms with E-state index in [1.165, 1.54) is 6.07 Å². The van der Waals surface area contributed by atoms with Gasteiger partial charge in [0, 0.05) is 17.5 Å². The zero-order valence-electron chi connectivity index (χ0n) is 10.9. The number of nitrogens with one attached hydrogen (secondary N) is 2. The van der Waals surface area contributed by atoms with Gasteiger partial charge in [0.15, 0.2) is 0 Å². The number of aromatic nitrogens is 2. The van der Waals surface area contributed by atoms with Crippen molar-refractivity contribution >= 4 is 11.7 Å². The summed E-state index contributed by atoms with van der Waals surface area (Å²) in [6, 6.07) is 1.44. The zero-order valence-corrected chi connectivity index (χ0v) is 10.9. The van der Waals surface area contributed by atoms with Crippen LogP contribution >= 0.6 is 0 Å². The normalized spacial score (nSPS) is 11.9. The Balaban J connectivity index is 2.59. The Morgan fingerprint density at radius 3 is 2.88 bits per heavy atom. The lowest BCUT2D eigenvalue weighted by atomic mass is 10.1. The van der Waals surface area contributed by atoms with E-state index in [4.69, 9.17) is 0 Å². The summed E-state index contributed by atoms with van der Waals surface area (Å²) in [4.78, 5) is 17.9. The summed E-state index contributed by atoms with van der Waals surface area (Å²) >= 11 is 0. The maximum atomic E-state index is 11.2.